The van der Waals surface area contributed by atoms with Crippen molar-refractivity contribution in [2.75, 3.05) is 57.3 Å². The van der Waals surface area contributed by atoms with Gasteiger partial charge in [-0.1, -0.05) is 30.4 Å². The van der Waals surface area contributed by atoms with Gasteiger partial charge in [0.1, 0.15) is 0 Å². The van der Waals surface area contributed by atoms with E-state index in [1.807, 2.05) is 43.8 Å². The minimum atomic E-state index is -5.02. The fourth-order valence-corrected chi connectivity index (χ4v) is 6.18. The predicted octanol–water partition coefficient (Wildman–Crippen LogP) is 7.16. The van der Waals surface area contributed by atoms with E-state index in [2.05, 4.69) is 22.0 Å². The molecule has 0 N–H and O–H groups in total. The van der Waals surface area contributed by atoms with E-state index >= 15 is 0 Å². The quantitative estimate of drug-likeness (QED) is 0.231. The van der Waals surface area contributed by atoms with E-state index in [9.17, 15) is 31.1 Å². The molecule has 2 aliphatic rings. The number of amides is 1. The highest BCUT2D eigenvalue weighted by Gasteiger charge is 2.39. The Bertz CT molecular complexity index is 1220. The number of halogens is 8. The van der Waals surface area contributed by atoms with Crippen LogP contribution >= 0.6 is 36.6 Å². The third kappa shape index (κ3) is 10.3. The summed E-state index contributed by atoms with van der Waals surface area (Å²) in [5.74, 6) is 1.43. The Kier molecular flexibility index (Phi) is 13.8. The van der Waals surface area contributed by atoms with Crippen LogP contribution in [0.5, 0.6) is 0 Å². The Morgan fingerprint density at radius 1 is 0.814 bits per heavy atom. The molecule has 43 heavy (non-hydrogen) atoms. The summed E-state index contributed by atoms with van der Waals surface area (Å²) in [5, 5.41) is 0. The van der Waals surface area contributed by atoms with Gasteiger partial charge in [-0.15, -0.1) is 24.8 Å². The van der Waals surface area contributed by atoms with E-state index in [-0.39, 0.29) is 37.4 Å². The van der Waals surface area contributed by atoms with Gasteiger partial charge in [-0.2, -0.15) is 38.1 Å². The molecule has 0 aromatic heterocycles. The zero-order chi connectivity index (χ0) is 29.8. The van der Waals surface area contributed by atoms with Crippen LogP contribution in [-0.2, 0) is 18.8 Å². The number of hydrogen-bond donors (Lipinski definition) is 0. The topological polar surface area (TPSA) is 26.8 Å². The van der Waals surface area contributed by atoms with E-state index in [0.717, 1.165) is 47.8 Å². The average molecular weight is 673 g/mol. The van der Waals surface area contributed by atoms with E-state index < -0.39 is 41.0 Å². The van der Waals surface area contributed by atoms with Crippen molar-refractivity contribution in [2.45, 2.75) is 38.7 Å². The molecule has 0 unspecified atom stereocenters. The van der Waals surface area contributed by atoms with E-state index in [0.29, 0.717) is 38.2 Å². The summed E-state index contributed by atoms with van der Waals surface area (Å²) in [4.78, 5) is 19.6. The largest absolute Gasteiger partial charge is 0.416 e. The number of alkyl halides is 6. The Hall–Kier alpha value is -1.92. The van der Waals surface area contributed by atoms with Gasteiger partial charge >= 0.3 is 12.4 Å². The molecule has 2 aliphatic heterocycles. The van der Waals surface area contributed by atoms with Crippen LogP contribution in [0.2, 0.25) is 0 Å². The first-order valence-electron chi connectivity index (χ1n) is 13.7. The van der Waals surface area contributed by atoms with Gasteiger partial charge < -0.3 is 4.90 Å². The number of rotatable bonds is 7. The Labute approximate surface area is 265 Å². The molecular formula is C30H37Cl2F6N3OS. The first kappa shape index (κ1) is 37.3. The van der Waals surface area contributed by atoms with Crippen molar-refractivity contribution < 1.29 is 31.1 Å². The highest BCUT2D eigenvalue weighted by Crippen LogP contribution is 2.37. The van der Waals surface area contributed by atoms with Crippen molar-refractivity contribution in [3.05, 3.63) is 81.9 Å². The molecular weight excluding hydrogens is 635 g/mol. The van der Waals surface area contributed by atoms with Gasteiger partial charge in [-0.25, -0.2) is 0 Å². The molecule has 4 nitrogen and oxygen atoms in total. The first-order chi connectivity index (χ1) is 19.3. The monoisotopic (exact) mass is 671 g/mol. The van der Waals surface area contributed by atoms with E-state index in [1.54, 1.807) is 0 Å². The zero-order valence-corrected chi connectivity index (χ0v) is 26.5. The molecule has 0 radical (unpaired) electrons. The van der Waals surface area contributed by atoms with Gasteiger partial charge in [0.2, 0.25) is 0 Å². The van der Waals surface area contributed by atoms with Crippen molar-refractivity contribution in [3.63, 3.8) is 0 Å². The molecule has 2 aromatic rings. The Morgan fingerprint density at radius 3 is 1.95 bits per heavy atom. The number of carbonyl (C=O) groups excluding carboxylic acids is 1. The van der Waals surface area contributed by atoms with Gasteiger partial charge in [0, 0.05) is 68.9 Å². The van der Waals surface area contributed by atoms with Gasteiger partial charge in [0.25, 0.3) is 5.91 Å². The lowest BCUT2D eigenvalue weighted by atomic mass is 9.97. The molecule has 2 heterocycles. The molecule has 0 aliphatic carbocycles. The van der Waals surface area contributed by atoms with E-state index in [1.165, 1.54) is 4.90 Å². The van der Waals surface area contributed by atoms with Crippen molar-refractivity contribution in [1.82, 2.24) is 14.7 Å². The molecule has 0 saturated carbocycles. The van der Waals surface area contributed by atoms with Crippen LogP contribution in [-0.4, -0.2) is 84.0 Å². The summed E-state index contributed by atoms with van der Waals surface area (Å²) in [5.41, 5.74) is -0.454. The molecule has 2 aromatic carbocycles. The fourth-order valence-electron chi connectivity index (χ4n) is 5.21. The molecule has 240 valence electrons. The molecule has 1 atom stereocenters. The van der Waals surface area contributed by atoms with Crippen molar-refractivity contribution in [2.24, 2.45) is 0 Å². The number of hydrogen-bond acceptors (Lipinski definition) is 4. The normalized spacial score (nSPS) is 18.8. The maximum atomic E-state index is 13.6. The standard InChI is InChI=1S/C30H35F6N3OS.2ClH/c1-21-5-6-23(15-22(21)2)16-27-20-38(8-4-3-7-37-11-13-41-14-12-37)9-10-39(27)28(40)24-17-25(29(31,32)33)19-26(18-24)30(34,35)36;;/h3-6,15,17-19,27H,7-14,16,20H2,1-2H3;2*1H/b4-3+;;/t27-;;/m1../s1. The third-order valence-electron chi connectivity index (χ3n) is 7.70. The predicted molar refractivity (Wildman–Crippen MR) is 165 cm³/mol. The fraction of sp³-hybridized carbons (Fsp3) is 0.500. The molecule has 4 rings (SSSR count). The summed E-state index contributed by atoms with van der Waals surface area (Å²) >= 11 is 1.95. The number of aryl methyl sites for hydroxylation is 2. The summed E-state index contributed by atoms with van der Waals surface area (Å²) in [6.45, 7) is 8.69. The van der Waals surface area contributed by atoms with Crippen LogP contribution in [0.4, 0.5) is 26.3 Å². The Morgan fingerprint density at radius 2 is 1.40 bits per heavy atom. The van der Waals surface area contributed by atoms with Crippen LogP contribution in [0.25, 0.3) is 0 Å². The summed E-state index contributed by atoms with van der Waals surface area (Å²) in [6, 6.07) is 6.62. The second kappa shape index (κ2) is 15.9. The van der Waals surface area contributed by atoms with Crippen LogP contribution < -0.4 is 0 Å². The maximum absolute atomic E-state index is 13.6. The van der Waals surface area contributed by atoms with Crippen LogP contribution in [0, 0.1) is 13.8 Å². The average Bonchev–Trinajstić information content (AvgIpc) is 2.92. The smallest absolute Gasteiger partial charge is 0.333 e. The number of nitrogens with zero attached hydrogens (tertiary/aromatic N) is 3. The second-order valence-electron chi connectivity index (χ2n) is 10.7. The molecule has 1 amide bonds. The minimum Gasteiger partial charge on any atom is -0.333 e. The minimum absolute atomic E-state index is 0. The zero-order valence-electron chi connectivity index (χ0n) is 24.0. The first-order valence-corrected chi connectivity index (χ1v) is 14.8. The lowest BCUT2D eigenvalue weighted by Gasteiger charge is -2.41. The van der Waals surface area contributed by atoms with Crippen molar-refractivity contribution in [1.29, 1.82) is 0 Å². The van der Waals surface area contributed by atoms with Crippen LogP contribution in [0.1, 0.15) is 38.2 Å². The van der Waals surface area contributed by atoms with Crippen LogP contribution in [0.15, 0.2) is 48.6 Å². The second-order valence-corrected chi connectivity index (χ2v) is 11.9. The van der Waals surface area contributed by atoms with Gasteiger partial charge in [0.05, 0.1) is 11.1 Å². The highest BCUT2D eigenvalue weighted by atomic mass is 35.5. The number of carbonyl (C=O) groups is 1. The Balaban J connectivity index is 0.00000323. The summed E-state index contributed by atoms with van der Waals surface area (Å²) < 4.78 is 80.9. The van der Waals surface area contributed by atoms with E-state index in [4.69, 9.17) is 0 Å². The summed E-state index contributed by atoms with van der Waals surface area (Å²) in [6.07, 6.45) is -5.38. The lowest BCUT2D eigenvalue weighted by molar-refractivity contribution is -0.143. The molecule has 2 saturated heterocycles. The summed E-state index contributed by atoms with van der Waals surface area (Å²) in [7, 11) is 0. The number of benzene rings is 2. The SMILES string of the molecule is Cc1ccc(C[C@@H]2CN(C/C=C/CN3CCSCC3)CCN2C(=O)c2cc(C(F)(F)F)cc(C(F)(F)F)c2)cc1C.Cl.Cl. The van der Waals surface area contributed by atoms with Crippen molar-refractivity contribution in [3.8, 4) is 0 Å². The molecule has 2 fully saturated rings. The molecule has 13 heteroatoms. The number of piperazine rings is 1. The number of thioether (sulfide) groups is 1. The van der Waals surface area contributed by atoms with Gasteiger partial charge in [-0.3, -0.25) is 14.6 Å². The lowest BCUT2D eigenvalue weighted by Crippen LogP contribution is -2.56. The molecule has 0 bridgehead atoms. The third-order valence-corrected chi connectivity index (χ3v) is 8.65. The van der Waals surface area contributed by atoms with Gasteiger partial charge in [0.15, 0.2) is 0 Å². The van der Waals surface area contributed by atoms with Crippen molar-refractivity contribution >= 4 is 42.5 Å². The van der Waals surface area contributed by atoms with Crippen LogP contribution in [0.3, 0.4) is 0 Å². The highest BCUT2D eigenvalue weighted by molar-refractivity contribution is 7.99. The van der Waals surface area contributed by atoms with Gasteiger partial charge in [-0.05, 0) is 55.2 Å². The maximum Gasteiger partial charge on any atom is 0.416 e. The molecule has 0 spiro atoms.